The Bertz CT molecular complexity index is 470. The van der Waals surface area contributed by atoms with E-state index in [-0.39, 0.29) is 5.41 Å². The van der Waals surface area contributed by atoms with Crippen LogP contribution in [0.3, 0.4) is 0 Å². The van der Waals surface area contributed by atoms with Crippen molar-refractivity contribution in [2.24, 2.45) is 23.0 Å². The molecule has 1 fully saturated rings. The first-order chi connectivity index (χ1) is 9.29. The molecule has 3 unspecified atom stereocenters. The van der Waals surface area contributed by atoms with Gasteiger partial charge in [-0.1, -0.05) is 50.4 Å². The molecule has 1 aliphatic rings. The summed E-state index contributed by atoms with van der Waals surface area (Å²) >= 11 is 12.4. The Hall–Kier alpha value is -0.240. The molecule has 1 saturated carbocycles. The maximum atomic E-state index is 6.42. The SMILES string of the molecule is CC1CCC(C(C)(C)Cc2cc(Cl)ccc2Cl)C(N)C1. The molecule has 0 radical (unpaired) electrons. The molecule has 0 spiro atoms. The molecule has 0 bridgehead atoms. The summed E-state index contributed by atoms with van der Waals surface area (Å²) in [5, 5.41) is 1.56. The van der Waals surface area contributed by atoms with Gasteiger partial charge in [-0.2, -0.15) is 0 Å². The minimum atomic E-state index is 0.147. The molecule has 1 nitrogen and oxygen atoms in total. The Balaban J connectivity index is 2.16. The number of nitrogens with two attached hydrogens (primary N) is 1. The molecule has 20 heavy (non-hydrogen) atoms. The van der Waals surface area contributed by atoms with Crippen molar-refractivity contribution >= 4 is 23.2 Å². The third-order valence-corrected chi connectivity index (χ3v) is 5.42. The van der Waals surface area contributed by atoms with Gasteiger partial charge in [-0.3, -0.25) is 0 Å². The van der Waals surface area contributed by atoms with Crippen LogP contribution in [-0.4, -0.2) is 6.04 Å². The van der Waals surface area contributed by atoms with Crippen LogP contribution in [0, 0.1) is 17.3 Å². The second kappa shape index (κ2) is 6.25. The van der Waals surface area contributed by atoms with Gasteiger partial charge >= 0.3 is 0 Å². The van der Waals surface area contributed by atoms with Gasteiger partial charge in [0.25, 0.3) is 0 Å². The minimum Gasteiger partial charge on any atom is -0.327 e. The third-order valence-electron chi connectivity index (χ3n) is 4.82. The van der Waals surface area contributed by atoms with Crippen LogP contribution < -0.4 is 5.73 Å². The first-order valence-corrected chi connectivity index (χ1v) is 8.24. The molecule has 0 aromatic heterocycles. The lowest BCUT2D eigenvalue weighted by atomic mass is 9.64. The number of benzene rings is 1. The highest BCUT2D eigenvalue weighted by Gasteiger charge is 2.37. The van der Waals surface area contributed by atoms with Gasteiger partial charge in [0.05, 0.1) is 0 Å². The van der Waals surface area contributed by atoms with Gasteiger partial charge in [-0.05, 0) is 60.3 Å². The standard InChI is InChI=1S/C17H25Cl2N/c1-11-4-6-14(16(20)8-11)17(2,3)10-12-9-13(18)5-7-15(12)19/h5,7,9,11,14,16H,4,6,8,10,20H2,1-3H3. The Morgan fingerprint density at radius 1 is 1.25 bits per heavy atom. The largest absolute Gasteiger partial charge is 0.327 e. The summed E-state index contributed by atoms with van der Waals surface area (Å²) in [5.74, 6) is 1.31. The predicted molar refractivity (Wildman–Crippen MR) is 88.4 cm³/mol. The average molecular weight is 314 g/mol. The monoisotopic (exact) mass is 313 g/mol. The van der Waals surface area contributed by atoms with E-state index in [2.05, 4.69) is 20.8 Å². The van der Waals surface area contributed by atoms with Gasteiger partial charge in [0, 0.05) is 16.1 Å². The summed E-state index contributed by atoms with van der Waals surface area (Å²) in [6, 6.07) is 6.02. The van der Waals surface area contributed by atoms with E-state index in [1.54, 1.807) is 0 Å². The van der Waals surface area contributed by atoms with Crippen LogP contribution >= 0.6 is 23.2 Å². The van der Waals surface area contributed by atoms with Crippen molar-refractivity contribution in [3.8, 4) is 0 Å². The van der Waals surface area contributed by atoms with Crippen LogP contribution in [-0.2, 0) is 6.42 Å². The molecular formula is C17H25Cl2N. The number of halogens is 2. The highest BCUT2D eigenvalue weighted by Crippen LogP contribution is 2.42. The first kappa shape index (κ1) is 16.1. The molecule has 2 N–H and O–H groups in total. The van der Waals surface area contributed by atoms with E-state index in [0.29, 0.717) is 12.0 Å². The van der Waals surface area contributed by atoms with Crippen molar-refractivity contribution in [3.05, 3.63) is 33.8 Å². The van der Waals surface area contributed by atoms with Crippen molar-refractivity contribution in [1.82, 2.24) is 0 Å². The molecule has 0 saturated heterocycles. The molecule has 1 aliphatic carbocycles. The smallest absolute Gasteiger partial charge is 0.0439 e. The highest BCUT2D eigenvalue weighted by molar-refractivity contribution is 6.33. The third kappa shape index (κ3) is 3.69. The summed E-state index contributed by atoms with van der Waals surface area (Å²) < 4.78 is 0. The summed E-state index contributed by atoms with van der Waals surface area (Å²) in [7, 11) is 0. The average Bonchev–Trinajstić information content (AvgIpc) is 2.33. The van der Waals surface area contributed by atoms with E-state index in [1.807, 2.05) is 18.2 Å². The van der Waals surface area contributed by atoms with Crippen LogP contribution in [0.4, 0.5) is 0 Å². The molecule has 3 heteroatoms. The first-order valence-electron chi connectivity index (χ1n) is 7.49. The van der Waals surface area contributed by atoms with Gasteiger partial charge < -0.3 is 5.73 Å². The maximum absolute atomic E-state index is 6.42. The van der Waals surface area contributed by atoms with Crippen LogP contribution in [0.5, 0.6) is 0 Å². The summed E-state index contributed by atoms with van der Waals surface area (Å²) in [6.45, 7) is 6.92. The quantitative estimate of drug-likeness (QED) is 0.802. The summed E-state index contributed by atoms with van der Waals surface area (Å²) in [6.07, 6.45) is 4.56. The predicted octanol–water partition coefficient (Wildman–Crippen LogP) is 5.33. The lowest BCUT2D eigenvalue weighted by Crippen LogP contribution is -2.44. The van der Waals surface area contributed by atoms with Gasteiger partial charge in [0.15, 0.2) is 0 Å². The minimum absolute atomic E-state index is 0.147. The van der Waals surface area contributed by atoms with Crippen molar-refractivity contribution in [1.29, 1.82) is 0 Å². The van der Waals surface area contributed by atoms with E-state index < -0.39 is 0 Å². The van der Waals surface area contributed by atoms with Gasteiger partial charge in [-0.25, -0.2) is 0 Å². The van der Waals surface area contributed by atoms with E-state index in [9.17, 15) is 0 Å². The fourth-order valence-corrected chi connectivity index (χ4v) is 4.07. The lowest BCUT2D eigenvalue weighted by molar-refractivity contribution is 0.113. The van der Waals surface area contributed by atoms with Crippen molar-refractivity contribution in [3.63, 3.8) is 0 Å². The van der Waals surface area contributed by atoms with E-state index >= 15 is 0 Å². The fraction of sp³-hybridized carbons (Fsp3) is 0.647. The Labute approximate surface area is 132 Å². The Morgan fingerprint density at radius 3 is 2.60 bits per heavy atom. The second-order valence-electron chi connectivity index (χ2n) is 7.09. The second-order valence-corrected chi connectivity index (χ2v) is 7.93. The van der Waals surface area contributed by atoms with Gasteiger partial charge in [-0.15, -0.1) is 0 Å². The Morgan fingerprint density at radius 2 is 1.95 bits per heavy atom. The zero-order valence-electron chi connectivity index (χ0n) is 12.6. The summed E-state index contributed by atoms with van der Waals surface area (Å²) in [5.41, 5.74) is 7.70. The number of hydrogen-bond donors (Lipinski definition) is 1. The van der Waals surface area contributed by atoms with Crippen molar-refractivity contribution < 1.29 is 0 Å². The molecule has 1 aromatic carbocycles. The zero-order chi connectivity index (χ0) is 14.9. The van der Waals surface area contributed by atoms with Crippen molar-refractivity contribution in [2.45, 2.75) is 52.5 Å². The summed E-state index contributed by atoms with van der Waals surface area (Å²) in [4.78, 5) is 0. The van der Waals surface area contributed by atoms with E-state index in [1.165, 1.54) is 12.8 Å². The Kier molecular flexibility index (Phi) is 5.05. The van der Waals surface area contributed by atoms with E-state index in [0.717, 1.165) is 34.4 Å². The fourth-order valence-electron chi connectivity index (χ4n) is 3.70. The molecule has 3 atom stereocenters. The van der Waals surface area contributed by atoms with Crippen LogP contribution in [0.2, 0.25) is 10.0 Å². The number of hydrogen-bond acceptors (Lipinski definition) is 1. The van der Waals surface area contributed by atoms with Crippen LogP contribution in [0.15, 0.2) is 18.2 Å². The van der Waals surface area contributed by atoms with Gasteiger partial charge in [0.1, 0.15) is 0 Å². The molecule has 112 valence electrons. The molecular weight excluding hydrogens is 289 g/mol. The molecule has 1 aromatic rings. The molecule has 0 amide bonds. The molecule has 0 aliphatic heterocycles. The van der Waals surface area contributed by atoms with Crippen LogP contribution in [0.25, 0.3) is 0 Å². The van der Waals surface area contributed by atoms with Gasteiger partial charge in [0.2, 0.25) is 0 Å². The lowest BCUT2D eigenvalue weighted by Gasteiger charge is -2.43. The topological polar surface area (TPSA) is 26.0 Å². The molecule has 0 heterocycles. The maximum Gasteiger partial charge on any atom is 0.0439 e. The normalized spacial score (nSPS) is 27.6. The van der Waals surface area contributed by atoms with E-state index in [4.69, 9.17) is 28.9 Å². The zero-order valence-corrected chi connectivity index (χ0v) is 14.1. The highest BCUT2D eigenvalue weighted by atomic mass is 35.5. The van der Waals surface area contributed by atoms with Crippen molar-refractivity contribution in [2.75, 3.05) is 0 Å². The molecule has 2 rings (SSSR count). The number of rotatable bonds is 3. The van der Waals surface area contributed by atoms with Crippen LogP contribution in [0.1, 0.15) is 45.6 Å².